The fraction of sp³-hybridized carbons (Fsp3) is 0.292. The van der Waals surface area contributed by atoms with Gasteiger partial charge in [0, 0.05) is 17.1 Å². The maximum absolute atomic E-state index is 12.6. The maximum atomic E-state index is 12.6. The molecule has 0 aliphatic rings. The summed E-state index contributed by atoms with van der Waals surface area (Å²) in [5, 5.41) is 21.2. The monoisotopic (exact) mass is 441 g/mol. The molecule has 0 aromatic heterocycles. The Morgan fingerprint density at radius 2 is 1.81 bits per heavy atom. The molecule has 0 radical (unpaired) electrons. The van der Waals surface area contributed by atoms with E-state index in [0.717, 1.165) is 6.08 Å². The molecule has 0 saturated heterocycles. The molecule has 0 bridgehead atoms. The van der Waals surface area contributed by atoms with Crippen LogP contribution in [-0.2, 0) is 9.53 Å². The third-order valence-corrected chi connectivity index (χ3v) is 4.91. The van der Waals surface area contributed by atoms with Crippen LogP contribution in [0, 0.1) is 5.41 Å². The van der Waals surface area contributed by atoms with Gasteiger partial charge in [-0.1, -0.05) is 44.2 Å². The van der Waals surface area contributed by atoms with Crippen molar-refractivity contribution in [1.82, 2.24) is 5.32 Å². The number of aliphatic carboxylic acids is 1. The van der Waals surface area contributed by atoms with Crippen LogP contribution < -0.4 is 10.1 Å². The van der Waals surface area contributed by atoms with Gasteiger partial charge in [0.05, 0.1) is 7.11 Å². The van der Waals surface area contributed by atoms with Gasteiger partial charge in [0.25, 0.3) is 5.91 Å². The number of rotatable bonds is 9. The van der Waals surface area contributed by atoms with Crippen molar-refractivity contribution in [1.29, 1.82) is 0 Å². The average molecular weight is 441 g/mol. The highest BCUT2D eigenvalue weighted by molar-refractivity contribution is 6.02. The molecular weight excluding hydrogens is 414 g/mol. The van der Waals surface area contributed by atoms with E-state index < -0.39 is 29.5 Å². The third-order valence-electron chi connectivity index (χ3n) is 4.91. The first-order valence-electron chi connectivity index (χ1n) is 9.97. The summed E-state index contributed by atoms with van der Waals surface area (Å²) in [5.41, 5.74) is 0.135. The number of alkyl carbamates (subject to hydrolysis) is 1. The van der Waals surface area contributed by atoms with Gasteiger partial charge in [0.2, 0.25) is 0 Å². The summed E-state index contributed by atoms with van der Waals surface area (Å²) in [6, 6.07) is 12.9. The van der Waals surface area contributed by atoms with E-state index in [1.165, 1.54) is 19.3 Å². The Hall–Kier alpha value is -3.81. The van der Waals surface area contributed by atoms with Crippen LogP contribution in [0.4, 0.5) is 4.79 Å². The Morgan fingerprint density at radius 1 is 1.12 bits per heavy atom. The number of allylic oxidation sites excluding steroid dienone is 1. The van der Waals surface area contributed by atoms with Gasteiger partial charge in [-0.25, -0.2) is 9.59 Å². The third kappa shape index (κ3) is 6.87. The number of aromatic hydroxyl groups is 1. The SMILES string of the molecule is COc1ccc([C@@H](OC(=O)NC(=O)c2ccccc2)C(C)(C)CC/C=C/C(=O)O)cc1O. The van der Waals surface area contributed by atoms with E-state index >= 15 is 0 Å². The van der Waals surface area contributed by atoms with Crippen molar-refractivity contribution >= 4 is 18.0 Å². The van der Waals surface area contributed by atoms with Crippen LogP contribution in [0.25, 0.3) is 0 Å². The van der Waals surface area contributed by atoms with E-state index in [1.807, 2.05) is 13.8 Å². The molecule has 1 atom stereocenters. The highest BCUT2D eigenvalue weighted by Crippen LogP contribution is 2.42. The van der Waals surface area contributed by atoms with Crippen LogP contribution in [0.5, 0.6) is 11.5 Å². The number of carboxylic acid groups (broad SMARTS) is 1. The largest absolute Gasteiger partial charge is 0.504 e. The lowest BCUT2D eigenvalue weighted by molar-refractivity contribution is -0.131. The first kappa shape index (κ1) is 24.5. The molecule has 0 saturated carbocycles. The van der Waals surface area contributed by atoms with Gasteiger partial charge < -0.3 is 19.7 Å². The Bertz CT molecular complexity index is 983. The molecular formula is C24H27NO7. The van der Waals surface area contributed by atoms with E-state index in [-0.39, 0.29) is 11.5 Å². The minimum absolute atomic E-state index is 0.124. The van der Waals surface area contributed by atoms with Crippen molar-refractivity contribution in [2.75, 3.05) is 7.11 Å². The van der Waals surface area contributed by atoms with Crippen LogP contribution in [0.3, 0.4) is 0 Å². The molecule has 0 aliphatic heterocycles. The van der Waals surface area contributed by atoms with Crippen LogP contribution in [-0.4, -0.2) is 35.3 Å². The summed E-state index contributed by atoms with van der Waals surface area (Å²) >= 11 is 0. The number of carbonyl (C=O) groups is 3. The molecule has 0 heterocycles. The molecule has 8 nitrogen and oxygen atoms in total. The fourth-order valence-electron chi connectivity index (χ4n) is 3.21. The highest BCUT2D eigenvalue weighted by Gasteiger charge is 2.34. The zero-order valence-corrected chi connectivity index (χ0v) is 18.2. The Morgan fingerprint density at radius 3 is 2.41 bits per heavy atom. The van der Waals surface area contributed by atoms with Crippen LogP contribution in [0.1, 0.15) is 48.7 Å². The fourth-order valence-corrected chi connectivity index (χ4v) is 3.21. The van der Waals surface area contributed by atoms with Crippen LogP contribution >= 0.6 is 0 Å². The second kappa shape index (κ2) is 11.0. The highest BCUT2D eigenvalue weighted by atomic mass is 16.6. The normalized spacial score (nSPS) is 12.2. The van der Waals surface area contributed by atoms with E-state index in [0.29, 0.717) is 24.0 Å². The molecule has 0 spiro atoms. The number of carbonyl (C=O) groups excluding carboxylic acids is 2. The number of phenols is 1. The average Bonchev–Trinajstić information content (AvgIpc) is 2.75. The van der Waals surface area contributed by atoms with E-state index in [9.17, 15) is 19.5 Å². The van der Waals surface area contributed by atoms with Gasteiger partial charge in [-0.15, -0.1) is 0 Å². The molecule has 3 N–H and O–H groups in total. The molecule has 0 unspecified atom stereocenters. The minimum atomic E-state index is -1.05. The van der Waals surface area contributed by atoms with Gasteiger partial charge >= 0.3 is 12.1 Å². The second-order valence-corrected chi connectivity index (χ2v) is 7.80. The molecule has 2 aromatic rings. The Labute approximate surface area is 186 Å². The number of hydrogen-bond donors (Lipinski definition) is 3. The molecule has 8 heteroatoms. The van der Waals surface area contributed by atoms with Gasteiger partial charge in [-0.2, -0.15) is 0 Å². The first-order valence-corrected chi connectivity index (χ1v) is 9.97. The van der Waals surface area contributed by atoms with Gasteiger partial charge in [-0.05, 0) is 42.7 Å². The number of ether oxygens (including phenoxy) is 2. The lowest BCUT2D eigenvalue weighted by Crippen LogP contribution is -2.35. The predicted octanol–water partition coefficient (Wildman–Crippen LogP) is 4.46. The number of hydrogen-bond acceptors (Lipinski definition) is 6. The van der Waals surface area contributed by atoms with Crippen molar-refractivity contribution in [2.24, 2.45) is 5.41 Å². The summed E-state index contributed by atoms with van der Waals surface area (Å²) in [6.45, 7) is 3.69. The van der Waals surface area contributed by atoms with Crippen molar-refractivity contribution in [3.63, 3.8) is 0 Å². The molecule has 170 valence electrons. The molecule has 0 fully saturated rings. The van der Waals surface area contributed by atoms with Crippen molar-refractivity contribution in [3.8, 4) is 11.5 Å². The second-order valence-electron chi connectivity index (χ2n) is 7.80. The quantitative estimate of drug-likeness (QED) is 0.491. The Balaban J connectivity index is 2.24. The summed E-state index contributed by atoms with van der Waals surface area (Å²) in [6.07, 6.45) is 1.68. The lowest BCUT2D eigenvalue weighted by Gasteiger charge is -2.34. The number of methoxy groups -OCH3 is 1. The number of carboxylic acids is 1. The lowest BCUT2D eigenvalue weighted by atomic mass is 9.78. The number of imide groups is 1. The first-order chi connectivity index (χ1) is 15.1. The van der Waals surface area contributed by atoms with Crippen LogP contribution in [0.15, 0.2) is 60.7 Å². The standard InChI is InChI=1S/C24H27NO7/c1-24(2,14-8-7-11-20(27)28)21(17-12-13-19(31-3)18(26)15-17)32-23(30)25-22(29)16-9-5-4-6-10-16/h4-7,9-13,15,21,26H,8,14H2,1-3H3,(H,27,28)(H,25,29,30)/b11-7+/t21-/m1/s1. The molecule has 2 amide bonds. The minimum Gasteiger partial charge on any atom is -0.504 e. The van der Waals surface area contributed by atoms with E-state index in [1.54, 1.807) is 42.5 Å². The van der Waals surface area contributed by atoms with Crippen molar-refractivity contribution < 1.29 is 34.1 Å². The maximum Gasteiger partial charge on any atom is 0.414 e. The smallest absolute Gasteiger partial charge is 0.414 e. The Kier molecular flexibility index (Phi) is 8.40. The molecule has 2 aromatic carbocycles. The van der Waals surface area contributed by atoms with E-state index in [2.05, 4.69) is 5.32 Å². The van der Waals surface area contributed by atoms with Crippen molar-refractivity contribution in [3.05, 3.63) is 71.8 Å². The van der Waals surface area contributed by atoms with Crippen LogP contribution in [0.2, 0.25) is 0 Å². The van der Waals surface area contributed by atoms with E-state index in [4.69, 9.17) is 14.6 Å². The van der Waals surface area contributed by atoms with Gasteiger partial charge in [0.15, 0.2) is 11.5 Å². The number of phenolic OH excluding ortho intramolecular Hbond substituents is 1. The number of nitrogens with one attached hydrogen (secondary N) is 1. The molecule has 32 heavy (non-hydrogen) atoms. The summed E-state index contributed by atoms with van der Waals surface area (Å²) in [4.78, 5) is 35.6. The molecule has 2 rings (SSSR count). The summed E-state index contributed by atoms with van der Waals surface area (Å²) < 4.78 is 10.7. The zero-order chi connectivity index (χ0) is 23.7. The number of benzene rings is 2. The topological polar surface area (TPSA) is 122 Å². The van der Waals surface area contributed by atoms with Gasteiger partial charge in [0.1, 0.15) is 6.10 Å². The molecule has 0 aliphatic carbocycles. The number of amides is 2. The van der Waals surface area contributed by atoms with Crippen molar-refractivity contribution in [2.45, 2.75) is 32.8 Å². The van der Waals surface area contributed by atoms with Gasteiger partial charge in [-0.3, -0.25) is 10.1 Å². The predicted molar refractivity (Wildman–Crippen MR) is 118 cm³/mol. The summed E-state index contributed by atoms with van der Waals surface area (Å²) in [5.74, 6) is -1.51. The zero-order valence-electron chi connectivity index (χ0n) is 18.2. The summed E-state index contributed by atoms with van der Waals surface area (Å²) in [7, 11) is 1.42.